The Morgan fingerprint density at radius 1 is 1.18 bits per heavy atom. The highest BCUT2D eigenvalue weighted by atomic mass is 32.2. The van der Waals surface area contributed by atoms with Crippen LogP contribution in [0.4, 0.5) is 0 Å². The number of rotatable bonds is 1. The van der Waals surface area contributed by atoms with Crippen molar-refractivity contribution in [3.63, 3.8) is 0 Å². The maximum Gasteiger partial charge on any atom is 0.00388 e. The topological polar surface area (TPSA) is 3.24 Å². The normalized spacial score (nSPS) is 38.5. The second-order valence-electron chi connectivity index (χ2n) is 4.11. The van der Waals surface area contributed by atoms with Gasteiger partial charge in [0.15, 0.2) is 0 Å². The maximum absolute atomic E-state index is 2.63. The van der Waals surface area contributed by atoms with Crippen LogP contribution in [-0.2, 0) is 0 Å². The van der Waals surface area contributed by atoms with Gasteiger partial charge in [-0.3, -0.25) is 0 Å². The zero-order valence-corrected chi connectivity index (χ0v) is 8.23. The lowest BCUT2D eigenvalue weighted by atomic mass is 10.0. The summed E-state index contributed by atoms with van der Waals surface area (Å²) < 4.78 is 0. The van der Waals surface area contributed by atoms with Crippen LogP contribution in [0.3, 0.4) is 0 Å². The number of thioether (sulfide) groups is 1. The van der Waals surface area contributed by atoms with Crippen molar-refractivity contribution in [2.75, 3.05) is 24.6 Å². The highest BCUT2D eigenvalue weighted by Crippen LogP contribution is 2.36. The van der Waals surface area contributed by atoms with E-state index in [-0.39, 0.29) is 0 Å². The summed E-state index contributed by atoms with van der Waals surface area (Å²) in [5.41, 5.74) is 0. The first-order valence-corrected chi connectivity index (χ1v) is 5.74. The summed E-state index contributed by atoms with van der Waals surface area (Å²) >= 11 is 2.15. The molecule has 0 aromatic rings. The van der Waals surface area contributed by atoms with E-state index in [0.29, 0.717) is 0 Å². The van der Waals surface area contributed by atoms with Gasteiger partial charge in [-0.05, 0) is 37.2 Å². The predicted molar refractivity (Wildman–Crippen MR) is 51.0 cm³/mol. The zero-order valence-electron chi connectivity index (χ0n) is 7.42. The summed E-state index contributed by atoms with van der Waals surface area (Å²) in [5.74, 6) is 4.91. The molecule has 2 unspecified atom stereocenters. The minimum absolute atomic E-state index is 0.769. The molecule has 0 spiro atoms. The van der Waals surface area contributed by atoms with Gasteiger partial charge < -0.3 is 4.90 Å². The fourth-order valence-corrected chi connectivity index (χ4v) is 3.64. The second-order valence-corrected chi connectivity index (χ2v) is 5.18. The Kier molecular flexibility index (Phi) is 2.15. The molecule has 2 atom stereocenters. The molecule has 2 aliphatic heterocycles. The average molecular weight is 171 g/mol. The number of likely N-dealkylation sites (tertiary alicyclic amines) is 1. The summed E-state index contributed by atoms with van der Waals surface area (Å²) in [6, 6.07) is 0.769. The molecule has 0 bridgehead atoms. The fourth-order valence-electron chi connectivity index (χ4n) is 2.15. The molecule has 0 N–H and O–H groups in total. The first-order valence-electron chi connectivity index (χ1n) is 4.59. The Balaban J connectivity index is 1.94. The lowest BCUT2D eigenvalue weighted by Crippen LogP contribution is -2.29. The average Bonchev–Trinajstić information content (AvgIpc) is 2.40. The lowest BCUT2D eigenvalue weighted by molar-refractivity contribution is 0.263. The monoisotopic (exact) mass is 171 g/mol. The maximum atomic E-state index is 2.63. The summed E-state index contributed by atoms with van der Waals surface area (Å²) in [6.45, 7) is 7.37. The van der Waals surface area contributed by atoms with E-state index in [1.54, 1.807) is 0 Å². The van der Waals surface area contributed by atoms with Crippen molar-refractivity contribution in [3.8, 4) is 0 Å². The van der Waals surface area contributed by atoms with Gasteiger partial charge in [-0.15, -0.1) is 0 Å². The molecule has 0 aliphatic carbocycles. The largest absolute Gasteiger partial charge is 0.300 e. The molecule has 2 heteroatoms. The van der Waals surface area contributed by atoms with Crippen LogP contribution in [-0.4, -0.2) is 35.5 Å². The number of nitrogens with zero attached hydrogens (tertiary/aromatic N) is 1. The third-order valence-electron chi connectivity index (χ3n) is 3.00. The Labute approximate surface area is 73.5 Å². The number of fused-ring (bicyclic) bond motifs is 1. The summed E-state index contributed by atoms with van der Waals surface area (Å²) in [4.78, 5) is 2.63. The predicted octanol–water partition coefficient (Wildman–Crippen LogP) is 1.69. The Hall–Kier alpha value is 0.310. The van der Waals surface area contributed by atoms with E-state index in [9.17, 15) is 0 Å². The van der Waals surface area contributed by atoms with Gasteiger partial charge in [-0.25, -0.2) is 0 Å². The van der Waals surface area contributed by atoms with Crippen molar-refractivity contribution >= 4 is 11.8 Å². The molecule has 64 valence electrons. The molecule has 2 fully saturated rings. The van der Waals surface area contributed by atoms with E-state index in [4.69, 9.17) is 0 Å². The Bertz CT molecular complexity index is 134. The van der Waals surface area contributed by atoms with Crippen LogP contribution in [0.25, 0.3) is 0 Å². The van der Waals surface area contributed by atoms with Crippen LogP contribution >= 0.6 is 11.8 Å². The third kappa shape index (κ3) is 1.43. The smallest absolute Gasteiger partial charge is 0.00388 e. The van der Waals surface area contributed by atoms with Crippen LogP contribution in [0.15, 0.2) is 0 Å². The highest BCUT2D eigenvalue weighted by Gasteiger charge is 2.37. The van der Waals surface area contributed by atoms with Gasteiger partial charge in [-0.1, -0.05) is 0 Å². The van der Waals surface area contributed by atoms with Gasteiger partial charge in [-0.2, -0.15) is 11.8 Å². The molecule has 0 aromatic carbocycles. The summed E-state index contributed by atoms with van der Waals surface area (Å²) in [7, 11) is 0. The lowest BCUT2D eigenvalue weighted by Gasteiger charge is -2.20. The fraction of sp³-hybridized carbons (Fsp3) is 1.00. The van der Waals surface area contributed by atoms with Crippen LogP contribution in [0.1, 0.15) is 13.8 Å². The SMILES string of the molecule is CC(C)N1CC2CSCC2C1. The van der Waals surface area contributed by atoms with Gasteiger partial charge in [0, 0.05) is 19.1 Å². The molecule has 2 heterocycles. The molecule has 0 saturated carbocycles. The van der Waals surface area contributed by atoms with Gasteiger partial charge in [0.05, 0.1) is 0 Å². The molecule has 0 aromatic heterocycles. The Morgan fingerprint density at radius 3 is 2.18 bits per heavy atom. The van der Waals surface area contributed by atoms with Crippen molar-refractivity contribution in [1.82, 2.24) is 4.90 Å². The minimum atomic E-state index is 0.769. The molecule has 0 radical (unpaired) electrons. The molecular formula is C9H17NS. The van der Waals surface area contributed by atoms with Crippen molar-refractivity contribution in [3.05, 3.63) is 0 Å². The summed E-state index contributed by atoms with van der Waals surface area (Å²) in [5, 5.41) is 0. The minimum Gasteiger partial charge on any atom is -0.300 e. The Morgan fingerprint density at radius 2 is 1.73 bits per heavy atom. The van der Waals surface area contributed by atoms with Crippen LogP contribution < -0.4 is 0 Å². The number of hydrogen-bond donors (Lipinski definition) is 0. The third-order valence-corrected chi connectivity index (χ3v) is 4.33. The van der Waals surface area contributed by atoms with Gasteiger partial charge in [0.1, 0.15) is 0 Å². The molecule has 2 rings (SSSR count). The summed E-state index contributed by atoms with van der Waals surface area (Å²) in [6.07, 6.45) is 0. The van der Waals surface area contributed by atoms with Crippen LogP contribution in [0, 0.1) is 11.8 Å². The van der Waals surface area contributed by atoms with Gasteiger partial charge in [0.2, 0.25) is 0 Å². The molecule has 2 aliphatic rings. The van der Waals surface area contributed by atoms with Gasteiger partial charge in [0.25, 0.3) is 0 Å². The number of hydrogen-bond acceptors (Lipinski definition) is 2. The van der Waals surface area contributed by atoms with Crippen molar-refractivity contribution in [2.45, 2.75) is 19.9 Å². The van der Waals surface area contributed by atoms with E-state index in [2.05, 4.69) is 30.5 Å². The molecule has 2 saturated heterocycles. The van der Waals surface area contributed by atoms with E-state index in [0.717, 1.165) is 17.9 Å². The van der Waals surface area contributed by atoms with Crippen molar-refractivity contribution in [2.24, 2.45) is 11.8 Å². The second kappa shape index (κ2) is 2.98. The first-order chi connectivity index (χ1) is 5.27. The molecule has 0 amide bonds. The molecular weight excluding hydrogens is 154 g/mol. The molecule has 1 nitrogen and oxygen atoms in total. The van der Waals surface area contributed by atoms with Crippen molar-refractivity contribution < 1.29 is 0 Å². The van der Waals surface area contributed by atoms with E-state index >= 15 is 0 Å². The standard InChI is InChI=1S/C9H17NS/c1-7(2)10-3-8-5-11-6-9(8)4-10/h7-9H,3-6H2,1-2H3. The van der Waals surface area contributed by atoms with Crippen LogP contribution in [0.2, 0.25) is 0 Å². The first kappa shape index (κ1) is 7.93. The van der Waals surface area contributed by atoms with E-state index in [1.807, 2.05) is 0 Å². The van der Waals surface area contributed by atoms with E-state index in [1.165, 1.54) is 24.6 Å². The van der Waals surface area contributed by atoms with Crippen molar-refractivity contribution in [1.29, 1.82) is 0 Å². The van der Waals surface area contributed by atoms with E-state index < -0.39 is 0 Å². The highest BCUT2D eigenvalue weighted by molar-refractivity contribution is 7.99. The quantitative estimate of drug-likeness (QED) is 0.590. The van der Waals surface area contributed by atoms with Gasteiger partial charge >= 0.3 is 0 Å². The zero-order chi connectivity index (χ0) is 7.84. The molecule has 11 heavy (non-hydrogen) atoms. The van der Waals surface area contributed by atoms with Crippen LogP contribution in [0.5, 0.6) is 0 Å².